The highest BCUT2D eigenvalue weighted by Gasteiger charge is 2.19. The van der Waals surface area contributed by atoms with Crippen LogP contribution in [0.1, 0.15) is 41.9 Å². The van der Waals surface area contributed by atoms with E-state index < -0.39 is 5.97 Å². The second kappa shape index (κ2) is 11.9. The molecule has 0 radical (unpaired) electrons. The van der Waals surface area contributed by atoms with Crippen LogP contribution < -0.4 is 10.1 Å². The number of esters is 1. The predicted octanol–water partition coefficient (Wildman–Crippen LogP) is 4.94. The number of aryl methyl sites for hydroxylation is 1. The smallest absolute Gasteiger partial charge is 0.341 e. The van der Waals surface area contributed by atoms with Gasteiger partial charge in [-0.05, 0) is 50.6 Å². The van der Waals surface area contributed by atoms with Crippen LogP contribution in [-0.4, -0.2) is 45.6 Å². The zero-order valence-electron chi connectivity index (χ0n) is 19.2. The fourth-order valence-corrected chi connectivity index (χ4v) is 4.61. The maximum Gasteiger partial charge on any atom is 0.341 e. The minimum Gasteiger partial charge on any atom is -0.494 e. The third-order valence-electron chi connectivity index (χ3n) is 4.65. The van der Waals surface area contributed by atoms with Crippen LogP contribution in [0.15, 0.2) is 35.5 Å². The monoisotopic (exact) mass is 488 g/mol. The van der Waals surface area contributed by atoms with Crippen molar-refractivity contribution in [1.82, 2.24) is 14.8 Å². The lowest BCUT2D eigenvalue weighted by atomic mass is 10.2. The van der Waals surface area contributed by atoms with E-state index in [9.17, 15) is 9.59 Å². The van der Waals surface area contributed by atoms with Gasteiger partial charge in [-0.1, -0.05) is 25.1 Å². The number of nitrogens with one attached hydrogen (secondary N) is 1. The van der Waals surface area contributed by atoms with Crippen LogP contribution in [0.3, 0.4) is 0 Å². The third kappa shape index (κ3) is 6.58. The molecule has 0 atom stereocenters. The van der Waals surface area contributed by atoms with Crippen molar-refractivity contribution in [3.63, 3.8) is 0 Å². The van der Waals surface area contributed by atoms with Crippen LogP contribution in [0.4, 0.5) is 5.00 Å². The quantitative estimate of drug-likeness (QED) is 0.232. The molecule has 0 bridgehead atoms. The summed E-state index contributed by atoms with van der Waals surface area (Å²) in [6.45, 7) is 6.73. The van der Waals surface area contributed by atoms with Gasteiger partial charge < -0.3 is 19.4 Å². The Kier molecular flexibility index (Phi) is 8.90. The Balaban J connectivity index is 1.60. The highest BCUT2D eigenvalue weighted by molar-refractivity contribution is 7.99. The van der Waals surface area contributed by atoms with E-state index in [-0.39, 0.29) is 18.3 Å². The van der Waals surface area contributed by atoms with E-state index in [2.05, 4.69) is 22.4 Å². The number of anilines is 1. The Morgan fingerprint density at radius 3 is 2.64 bits per heavy atom. The van der Waals surface area contributed by atoms with Gasteiger partial charge in [0, 0.05) is 17.5 Å². The molecule has 1 N–H and O–H groups in total. The summed E-state index contributed by atoms with van der Waals surface area (Å²) >= 11 is 2.62. The summed E-state index contributed by atoms with van der Waals surface area (Å²) < 4.78 is 12.6. The average Bonchev–Trinajstić information content (AvgIpc) is 3.35. The zero-order valence-corrected chi connectivity index (χ0v) is 20.8. The van der Waals surface area contributed by atoms with E-state index in [0.29, 0.717) is 28.2 Å². The maximum atomic E-state index is 12.5. The molecule has 0 spiro atoms. The van der Waals surface area contributed by atoms with Crippen molar-refractivity contribution in [3.05, 3.63) is 40.8 Å². The van der Waals surface area contributed by atoms with Crippen LogP contribution in [0.2, 0.25) is 0 Å². The zero-order chi connectivity index (χ0) is 23.8. The fourth-order valence-electron chi connectivity index (χ4n) is 2.99. The van der Waals surface area contributed by atoms with Crippen LogP contribution in [-0.2, 0) is 16.6 Å². The van der Waals surface area contributed by atoms with Gasteiger partial charge in [-0.3, -0.25) is 4.79 Å². The number of rotatable bonds is 11. The first-order chi connectivity index (χ1) is 15.9. The van der Waals surface area contributed by atoms with Gasteiger partial charge in [0.25, 0.3) is 0 Å². The molecular weight excluding hydrogens is 460 g/mol. The van der Waals surface area contributed by atoms with E-state index >= 15 is 0 Å². The Morgan fingerprint density at radius 2 is 1.94 bits per heavy atom. The van der Waals surface area contributed by atoms with Gasteiger partial charge in [0.05, 0.1) is 24.5 Å². The van der Waals surface area contributed by atoms with Gasteiger partial charge in [-0.2, -0.15) is 0 Å². The predicted molar refractivity (Wildman–Crippen MR) is 131 cm³/mol. The second-order valence-corrected chi connectivity index (χ2v) is 9.45. The molecule has 0 aliphatic carbocycles. The maximum absolute atomic E-state index is 12.5. The number of carbonyl (C=O) groups excluding carboxylic acids is 2. The molecular formula is C23H28N4O4S2. The molecule has 10 heteroatoms. The van der Waals surface area contributed by atoms with Crippen LogP contribution in [0.5, 0.6) is 5.75 Å². The van der Waals surface area contributed by atoms with Crippen molar-refractivity contribution in [2.24, 2.45) is 7.05 Å². The number of aromatic nitrogens is 3. The van der Waals surface area contributed by atoms with Gasteiger partial charge in [0.15, 0.2) is 11.0 Å². The molecule has 0 fully saturated rings. The van der Waals surface area contributed by atoms with Crippen LogP contribution in [0, 0.1) is 6.92 Å². The van der Waals surface area contributed by atoms with E-state index in [1.54, 1.807) is 13.0 Å². The Hall–Kier alpha value is -2.85. The topological polar surface area (TPSA) is 95.3 Å². The van der Waals surface area contributed by atoms with Crippen LogP contribution >= 0.6 is 23.1 Å². The summed E-state index contributed by atoms with van der Waals surface area (Å²) in [5, 5.41) is 12.4. The van der Waals surface area contributed by atoms with Crippen molar-refractivity contribution in [2.75, 3.05) is 24.3 Å². The number of thioether (sulfide) groups is 1. The molecule has 3 aromatic rings. The molecule has 0 saturated heterocycles. The highest BCUT2D eigenvalue weighted by Crippen LogP contribution is 2.29. The number of unbranched alkanes of at least 4 members (excludes halogenated alkanes) is 1. The largest absolute Gasteiger partial charge is 0.494 e. The van der Waals surface area contributed by atoms with Gasteiger partial charge in [-0.25, -0.2) is 4.79 Å². The number of carbonyl (C=O) groups is 2. The molecule has 0 saturated carbocycles. The molecule has 2 aromatic heterocycles. The van der Waals surface area contributed by atoms with Gasteiger partial charge in [-0.15, -0.1) is 21.5 Å². The number of thiophene rings is 1. The van der Waals surface area contributed by atoms with Gasteiger partial charge in [0.2, 0.25) is 5.91 Å². The van der Waals surface area contributed by atoms with E-state index in [4.69, 9.17) is 9.47 Å². The SMILES string of the molecule is CCCCOc1ccc(-c2nnc(SCC(=O)Nc3sc(C)cc3C(=O)OCC)n2C)cc1. The van der Waals surface area contributed by atoms with Gasteiger partial charge >= 0.3 is 5.97 Å². The number of amides is 1. The molecule has 1 aromatic carbocycles. The second-order valence-electron chi connectivity index (χ2n) is 7.25. The summed E-state index contributed by atoms with van der Waals surface area (Å²) in [5.41, 5.74) is 1.29. The van der Waals surface area contributed by atoms with Crippen molar-refractivity contribution in [2.45, 2.75) is 38.8 Å². The molecule has 0 aliphatic rings. The molecule has 1 amide bonds. The van der Waals surface area contributed by atoms with Crippen molar-refractivity contribution in [3.8, 4) is 17.1 Å². The number of ether oxygens (including phenoxy) is 2. The number of benzene rings is 1. The average molecular weight is 489 g/mol. The van der Waals surface area contributed by atoms with Crippen molar-refractivity contribution in [1.29, 1.82) is 0 Å². The number of nitrogens with zero attached hydrogens (tertiary/aromatic N) is 3. The lowest BCUT2D eigenvalue weighted by Crippen LogP contribution is -2.16. The first kappa shape index (κ1) is 24.8. The standard InChI is InChI=1S/C23H28N4O4S2/c1-5-7-12-31-17-10-8-16(9-11-17)20-25-26-23(27(20)4)32-14-19(28)24-21-18(13-15(3)33-21)22(29)30-6-2/h8-11,13H,5-7,12,14H2,1-4H3,(H,24,28). The van der Waals surface area contributed by atoms with E-state index in [1.807, 2.05) is 42.8 Å². The van der Waals surface area contributed by atoms with E-state index in [0.717, 1.165) is 29.0 Å². The summed E-state index contributed by atoms with van der Waals surface area (Å²) in [7, 11) is 1.86. The molecule has 0 aliphatic heterocycles. The fraction of sp³-hybridized carbons (Fsp3) is 0.391. The Bertz CT molecular complexity index is 1090. The lowest BCUT2D eigenvalue weighted by Gasteiger charge is -2.07. The third-order valence-corrected chi connectivity index (χ3v) is 6.64. The molecule has 8 nitrogen and oxygen atoms in total. The van der Waals surface area contributed by atoms with E-state index in [1.165, 1.54) is 23.1 Å². The molecule has 0 unspecified atom stereocenters. The molecule has 3 rings (SSSR count). The Morgan fingerprint density at radius 1 is 1.18 bits per heavy atom. The Labute approximate surface area is 201 Å². The van der Waals surface area contributed by atoms with Crippen molar-refractivity contribution < 1.29 is 19.1 Å². The number of hydrogen-bond acceptors (Lipinski definition) is 8. The molecule has 2 heterocycles. The van der Waals surface area contributed by atoms with Crippen molar-refractivity contribution >= 4 is 40.0 Å². The number of hydrogen-bond donors (Lipinski definition) is 1. The minimum absolute atomic E-state index is 0.134. The summed E-state index contributed by atoms with van der Waals surface area (Å²) in [6.07, 6.45) is 2.12. The molecule has 176 valence electrons. The normalized spacial score (nSPS) is 10.8. The lowest BCUT2D eigenvalue weighted by molar-refractivity contribution is -0.113. The summed E-state index contributed by atoms with van der Waals surface area (Å²) in [6, 6.07) is 9.46. The molecule has 33 heavy (non-hydrogen) atoms. The first-order valence-corrected chi connectivity index (χ1v) is 12.6. The summed E-state index contributed by atoms with van der Waals surface area (Å²) in [4.78, 5) is 25.5. The summed E-state index contributed by atoms with van der Waals surface area (Å²) in [5.74, 6) is 0.994. The first-order valence-electron chi connectivity index (χ1n) is 10.8. The highest BCUT2D eigenvalue weighted by atomic mass is 32.2. The van der Waals surface area contributed by atoms with Gasteiger partial charge in [0.1, 0.15) is 10.8 Å². The minimum atomic E-state index is -0.440. The van der Waals surface area contributed by atoms with Crippen LogP contribution in [0.25, 0.3) is 11.4 Å².